The van der Waals surface area contributed by atoms with Gasteiger partial charge in [-0.15, -0.1) is 0 Å². The predicted octanol–water partition coefficient (Wildman–Crippen LogP) is 3.97. The maximum absolute atomic E-state index is 13.2. The number of hydrogen-bond acceptors (Lipinski definition) is 6. The van der Waals surface area contributed by atoms with Gasteiger partial charge in [0.15, 0.2) is 0 Å². The van der Waals surface area contributed by atoms with Crippen molar-refractivity contribution in [2.24, 2.45) is 0 Å². The smallest absolute Gasteiger partial charge is 0.278 e. The average Bonchev–Trinajstić information content (AvgIpc) is 2.98. The molecular formula is C23H25ClN2O5. The number of benzene rings is 2. The number of amides is 2. The van der Waals surface area contributed by atoms with Crippen molar-refractivity contribution in [2.45, 2.75) is 20.0 Å². The van der Waals surface area contributed by atoms with E-state index < -0.39 is 11.8 Å². The molecule has 0 radical (unpaired) electrons. The Morgan fingerprint density at radius 1 is 1.00 bits per heavy atom. The number of methoxy groups -OCH3 is 2. The Labute approximate surface area is 186 Å². The van der Waals surface area contributed by atoms with Crippen molar-refractivity contribution in [3.05, 3.63) is 58.7 Å². The summed E-state index contributed by atoms with van der Waals surface area (Å²) in [5.74, 6) is 0.304. The number of nitrogens with one attached hydrogen (secondary N) is 1. The van der Waals surface area contributed by atoms with Crippen LogP contribution in [0, 0.1) is 0 Å². The molecule has 0 atom stereocenters. The first-order chi connectivity index (χ1) is 14.8. The van der Waals surface area contributed by atoms with Gasteiger partial charge in [0.05, 0.1) is 44.7 Å². The van der Waals surface area contributed by atoms with E-state index in [9.17, 15) is 9.59 Å². The molecular weight excluding hydrogens is 420 g/mol. The summed E-state index contributed by atoms with van der Waals surface area (Å²) in [4.78, 5) is 27.6. The number of carbonyl (C=O) groups is 2. The second-order valence-electron chi connectivity index (χ2n) is 7.13. The fraction of sp³-hybridized carbons (Fsp3) is 0.304. The van der Waals surface area contributed by atoms with Crippen LogP contribution in [0.1, 0.15) is 19.4 Å². The van der Waals surface area contributed by atoms with E-state index in [1.165, 1.54) is 12.0 Å². The minimum Gasteiger partial charge on any atom is -0.497 e. The summed E-state index contributed by atoms with van der Waals surface area (Å²) in [5.41, 5.74) is 1.49. The van der Waals surface area contributed by atoms with E-state index in [1.54, 1.807) is 49.6 Å². The highest BCUT2D eigenvalue weighted by Crippen LogP contribution is 2.35. The second kappa shape index (κ2) is 9.85. The Hall–Kier alpha value is -3.03. The van der Waals surface area contributed by atoms with Gasteiger partial charge in [-0.1, -0.05) is 23.7 Å². The normalized spacial score (nSPS) is 13.9. The lowest BCUT2D eigenvalue weighted by molar-refractivity contribution is -0.137. The summed E-state index contributed by atoms with van der Waals surface area (Å²) < 4.78 is 16.1. The molecule has 0 spiro atoms. The first-order valence-corrected chi connectivity index (χ1v) is 10.2. The molecule has 2 amide bonds. The molecule has 164 valence electrons. The first kappa shape index (κ1) is 22.7. The average molecular weight is 445 g/mol. The quantitative estimate of drug-likeness (QED) is 0.589. The number of anilines is 1. The van der Waals surface area contributed by atoms with Gasteiger partial charge < -0.3 is 19.5 Å². The summed E-state index contributed by atoms with van der Waals surface area (Å²) in [6.45, 7) is 4.19. The summed E-state index contributed by atoms with van der Waals surface area (Å²) in [5, 5.41) is 3.54. The van der Waals surface area contributed by atoms with E-state index >= 15 is 0 Å². The van der Waals surface area contributed by atoms with Crippen LogP contribution in [0.5, 0.6) is 11.5 Å². The van der Waals surface area contributed by atoms with Crippen molar-refractivity contribution in [2.75, 3.05) is 32.7 Å². The molecule has 0 fully saturated rings. The molecule has 3 rings (SSSR count). The van der Waals surface area contributed by atoms with Crippen LogP contribution in [0.3, 0.4) is 0 Å². The first-order valence-electron chi connectivity index (χ1n) is 9.82. The van der Waals surface area contributed by atoms with Gasteiger partial charge in [-0.25, -0.2) is 0 Å². The third-order valence-electron chi connectivity index (χ3n) is 4.73. The molecule has 1 aliphatic rings. The van der Waals surface area contributed by atoms with Gasteiger partial charge in [0.1, 0.15) is 17.2 Å². The van der Waals surface area contributed by atoms with Gasteiger partial charge in [-0.3, -0.25) is 14.5 Å². The van der Waals surface area contributed by atoms with E-state index in [0.717, 1.165) is 0 Å². The van der Waals surface area contributed by atoms with Gasteiger partial charge in [-0.2, -0.15) is 0 Å². The molecule has 31 heavy (non-hydrogen) atoms. The van der Waals surface area contributed by atoms with Crippen molar-refractivity contribution in [3.8, 4) is 11.5 Å². The maximum Gasteiger partial charge on any atom is 0.278 e. The molecule has 0 bridgehead atoms. The Morgan fingerprint density at radius 2 is 1.71 bits per heavy atom. The SMILES string of the molecule is COc1ccc(C2=C(Nc3cc(Cl)ccc3OC)C(=O)N(CCOC(C)C)C2=O)cc1. The molecule has 0 saturated heterocycles. The fourth-order valence-electron chi connectivity index (χ4n) is 3.21. The molecule has 2 aromatic carbocycles. The number of halogens is 1. The third-order valence-corrected chi connectivity index (χ3v) is 4.97. The molecule has 0 saturated carbocycles. The van der Waals surface area contributed by atoms with E-state index in [4.69, 9.17) is 25.8 Å². The summed E-state index contributed by atoms with van der Waals surface area (Å²) in [6.07, 6.45) is -0.00450. The van der Waals surface area contributed by atoms with Crippen LogP contribution in [0.15, 0.2) is 48.2 Å². The number of nitrogens with zero attached hydrogens (tertiary/aromatic N) is 1. The van der Waals surface area contributed by atoms with Gasteiger partial charge >= 0.3 is 0 Å². The summed E-state index contributed by atoms with van der Waals surface area (Å²) in [6, 6.07) is 12.0. The Kier molecular flexibility index (Phi) is 7.20. The Bertz CT molecular complexity index is 1000. The van der Waals surface area contributed by atoms with E-state index in [1.807, 2.05) is 13.8 Å². The van der Waals surface area contributed by atoms with Gasteiger partial charge in [0.2, 0.25) is 0 Å². The molecule has 8 heteroatoms. The van der Waals surface area contributed by atoms with Crippen molar-refractivity contribution >= 4 is 34.7 Å². The molecule has 0 unspecified atom stereocenters. The minimum atomic E-state index is -0.440. The molecule has 1 aliphatic heterocycles. The number of carbonyl (C=O) groups excluding carboxylic acids is 2. The minimum absolute atomic E-state index is 0.00450. The van der Waals surface area contributed by atoms with E-state index in [0.29, 0.717) is 27.8 Å². The zero-order valence-electron chi connectivity index (χ0n) is 17.9. The van der Waals surface area contributed by atoms with Crippen LogP contribution in [0.4, 0.5) is 5.69 Å². The lowest BCUT2D eigenvalue weighted by atomic mass is 10.0. The Balaban J connectivity index is 2.01. The van der Waals surface area contributed by atoms with Crippen LogP contribution >= 0.6 is 11.6 Å². The van der Waals surface area contributed by atoms with Crippen molar-refractivity contribution in [3.63, 3.8) is 0 Å². The highest BCUT2D eigenvalue weighted by molar-refractivity contribution is 6.36. The molecule has 1 heterocycles. The molecule has 0 aliphatic carbocycles. The van der Waals surface area contributed by atoms with E-state index in [2.05, 4.69) is 5.32 Å². The monoisotopic (exact) mass is 444 g/mol. The van der Waals surface area contributed by atoms with Crippen LogP contribution in [0.2, 0.25) is 5.02 Å². The van der Waals surface area contributed by atoms with Gasteiger partial charge in [-0.05, 0) is 49.7 Å². The highest BCUT2D eigenvalue weighted by atomic mass is 35.5. The number of hydrogen-bond donors (Lipinski definition) is 1. The van der Waals surface area contributed by atoms with Crippen LogP contribution < -0.4 is 14.8 Å². The topological polar surface area (TPSA) is 77.1 Å². The summed E-state index contributed by atoms with van der Waals surface area (Å²) >= 11 is 6.13. The fourth-order valence-corrected chi connectivity index (χ4v) is 3.38. The molecule has 2 aromatic rings. The number of rotatable bonds is 9. The lowest BCUT2D eigenvalue weighted by Gasteiger charge is -2.17. The van der Waals surface area contributed by atoms with Crippen LogP contribution in [-0.2, 0) is 14.3 Å². The summed E-state index contributed by atoms with van der Waals surface area (Å²) in [7, 11) is 3.08. The highest BCUT2D eigenvalue weighted by Gasteiger charge is 2.39. The molecule has 7 nitrogen and oxygen atoms in total. The van der Waals surface area contributed by atoms with Gasteiger partial charge in [0, 0.05) is 5.02 Å². The maximum atomic E-state index is 13.2. The molecule has 1 N–H and O–H groups in total. The zero-order valence-corrected chi connectivity index (χ0v) is 18.7. The van der Waals surface area contributed by atoms with Crippen molar-refractivity contribution < 1.29 is 23.8 Å². The van der Waals surface area contributed by atoms with Crippen molar-refractivity contribution in [1.29, 1.82) is 0 Å². The van der Waals surface area contributed by atoms with Gasteiger partial charge in [0.25, 0.3) is 11.8 Å². The van der Waals surface area contributed by atoms with Crippen molar-refractivity contribution in [1.82, 2.24) is 4.90 Å². The predicted molar refractivity (Wildman–Crippen MR) is 119 cm³/mol. The lowest BCUT2D eigenvalue weighted by Crippen LogP contribution is -2.35. The van der Waals surface area contributed by atoms with E-state index in [-0.39, 0.29) is 30.5 Å². The van der Waals surface area contributed by atoms with Crippen LogP contribution in [-0.4, -0.2) is 50.2 Å². The Morgan fingerprint density at radius 3 is 2.32 bits per heavy atom. The van der Waals surface area contributed by atoms with Crippen LogP contribution in [0.25, 0.3) is 5.57 Å². The second-order valence-corrected chi connectivity index (χ2v) is 7.57. The number of ether oxygens (including phenoxy) is 3. The largest absolute Gasteiger partial charge is 0.497 e. The third kappa shape index (κ3) is 5.00. The zero-order chi connectivity index (χ0) is 22.5. The molecule has 0 aromatic heterocycles. The number of imide groups is 1. The standard InChI is InChI=1S/C23H25ClN2O5/c1-14(2)31-12-11-26-22(27)20(15-5-8-17(29-3)9-6-15)21(23(26)28)25-18-13-16(24)7-10-19(18)30-4/h5-10,13-14,25H,11-12H2,1-4H3.